The van der Waals surface area contributed by atoms with Gasteiger partial charge >= 0.3 is 0 Å². The minimum Gasteiger partial charge on any atom is -0.507 e. The number of phenolic OH excluding ortho intramolecular Hbond substituents is 1. The summed E-state index contributed by atoms with van der Waals surface area (Å²) in [4.78, 5) is 13.8. The molecule has 0 aromatic heterocycles. The van der Waals surface area contributed by atoms with Gasteiger partial charge in [0, 0.05) is 38.1 Å². The monoisotopic (exact) mass is 316 g/mol. The number of phenols is 1. The number of benzene rings is 2. The molecule has 0 radical (unpaired) electrons. The van der Waals surface area contributed by atoms with Gasteiger partial charge in [-0.15, -0.1) is 0 Å². The molecule has 0 saturated carbocycles. The molecule has 0 heterocycles. The summed E-state index contributed by atoms with van der Waals surface area (Å²) in [6.45, 7) is 0. The normalized spacial score (nSPS) is 10.7. The number of anilines is 1. The quantitative estimate of drug-likeness (QED) is 0.503. The van der Waals surface area contributed by atoms with Gasteiger partial charge in [-0.3, -0.25) is 4.79 Å². The highest BCUT2D eigenvalue weighted by molar-refractivity contribution is 6.06. The number of nitrogens with zero attached hydrogens (tertiary/aromatic N) is 1. The zero-order valence-electron chi connectivity index (χ0n) is 12.8. The van der Waals surface area contributed by atoms with Crippen molar-refractivity contribution in [3.8, 4) is 17.2 Å². The number of rotatable bonds is 5. The van der Waals surface area contributed by atoms with E-state index in [4.69, 9.17) is 10.5 Å². The second kappa shape index (κ2) is 6.83. The molecule has 0 aliphatic carbocycles. The van der Waals surface area contributed by atoms with Crippen LogP contribution in [0.25, 0.3) is 0 Å². The van der Waals surface area contributed by atoms with Crippen molar-refractivity contribution < 1.29 is 19.0 Å². The van der Waals surface area contributed by atoms with Crippen LogP contribution in [-0.4, -0.2) is 29.9 Å². The van der Waals surface area contributed by atoms with Gasteiger partial charge in [0.1, 0.15) is 11.5 Å². The van der Waals surface area contributed by atoms with Crippen LogP contribution in [-0.2, 0) is 0 Å². The van der Waals surface area contributed by atoms with Crippen molar-refractivity contribution in [2.75, 3.05) is 19.8 Å². The Morgan fingerprint density at radius 2 is 2.00 bits per heavy atom. The third-order valence-electron chi connectivity index (χ3n) is 2.94. The van der Waals surface area contributed by atoms with Crippen LogP contribution >= 0.6 is 0 Å². The SMILES string of the molecule is CN(C)/C=C/C(=O)c1cc(Oc2ccc(N)cc2F)ccc1O. The number of hydrogen-bond acceptors (Lipinski definition) is 5. The van der Waals surface area contributed by atoms with Gasteiger partial charge in [0.2, 0.25) is 0 Å². The Hall–Kier alpha value is -3.02. The number of aromatic hydroxyl groups is 1. The number of ketones is 1. The van der Waals surface area contributed by atoms with Gasteiger partial charge < -0.3 is 20.5 Å². The van der Waals surface area contributed by atoms with Crippen molar-refractivity contribution in [1.82, 2.24) is 4.90 Å². The summed E-state index contributed by atoms with van der Waals surface area (Å²) in [5, 5.41) is 9.81. The van der Waals surface area contributed by atoms with Gasteiger partial charge in [-0.05, 0) is 30.3 Å². The molecule has 0 spiro atoms. The topological polar surface area (TPSA) is 75.8 Å². The largest absolute Gasteiger partial charge is 0.507 e. The highest BCUT2D eigenvalue weighted by Crippen LogP contribution is 2.29. The Morgan fingerprint density at radius 3 is 2.65 bits per heavy atom. The molecular weight excluding hydrogens is 299 g/mol. The van der Waals surface area contributed by atoms with E-state index in [1.54, 1.807) is 25.2 Å². The lowest BCUT2D eigenvalue weighted by molar-refractivity contribution is 0.104. The van der Waals surface area contributed by atoms with E-state index >= 15 is 0 Å². The van der Waals surface area contributed by atoms with Gasteiger partial charge in [0.15, 0.2) is 17.3 Å². The van der Waals surface area contributed by atoms with Crippen LogP contribution in [0.4, 0.5) is 10.1 Å². The predicted molar refractivity (Wildman–Crippen MR) is 86.2 cm³/mol. The fourth-order valence-corrected chi connectivity index (χ4v) is 1.81. The smallest absolute Gasteiger partial charge is 0.191 e. The molecule has 2 rings (SSSR count). The van der Waals surface area contributed by atoms with E-state index in [2.05, 4.69) is 0 Å². The van der Waals surface area contributed by atoms with E-state index in [0.29, 0.717) is 0 Å². The zero-order chi connectivity index (χ0) is 17.0. The molecule has 120 valence electrons. The van der Waals surface area contributed by atoms with Crippen LogP contribution in [0.5, 0.6) is 17.2 Å². The summed E-state index contributed by atoms with van der Waals surface area (Å²) < 4.78 is 19.2. The van der Waals surface area contributed by atoms with Gasteiger partial charge in [0.25, 0.3) is 0 Å². The maximum absolute atomic E-state index is 13.7. The number of ether oxygens (including phenoxy) is 1. The molecule has 3 N–H and O–H groups in total. The van der Waals surface area contributed by atoms with Crippen molar-refractivity contribution in [1.29, 1.82) is 0 Å². The van der Waals surface area contributed by atoms with Gasteiger partial charge in [0.05, 0.1) is 5.56 Å². The highest BCUT2D eigenvalue weighted by atomic mass is 19.1. The van der Waals surface area contributed by atoms with Crippen LogP contribution in [0.2, 0.25) is 0 Å². The minimum atomic E-state index is -0.613. The van der Waals surface area contributed by atoms with Crippen LogP contribution in [0.3, 0.4) is 0 Å². The number of nitrogen functional groups attached to an aromatic ring is 1. The Kier molecular flexibility index (Phi) is 4.85. The molecule has 6 heteroatoms. The van der Waals surface area contributed by atoms with E-state index in [9.17, 15) is 14.3 Å². The first-order valence-corrected chi connectivity index (χ1v) is 6.81. The van der Waals surface area contributed by atoms with E-state index in [0.717, 1.165) is 6.07 Å². The molecule has 0 bridgehead atoms. The first kappa shape index (κ1) is 16.4. The number of carbonyl (C=O) groups excluding carboxylic acids is 1. The Labute approximate surface area is 133 Å². The standard InChI is InChI=1S/C17H17FN2O3/c1-20(2)8-7-16(22)13-10-12(4-5-15(13)21)23-17-6-3-11(19)9-14(17)18/h3-10,21H,19H2,1-2H3/b8-7+. The molecule has 2 aromatic rings. The Balaban J connectivity index is 2.28. The molecule has 0 atom stereocenters. The Morgan fingerprint density at radius 1 is 1.26 bits per heavy atom. The summed E-state index contributed by atoms with van der Waals surface area (Å²) in [6, 6.07) is 8.16. The number of hydrogen-bond donors (Lipinski definition) is 2. The molecule has 0 amide bonds. The van der Waals surface area contributed by atoms with Crippen LogP contribution < -0.4 is 10.5 Å². The number of nitrogens with two attached hydrogens (primary N) is 1. The maximum Gasteiger partial charge on any atom is 0.191 e. The predicted octanol–water partition coefficient (Wildman–Crippen LogP) is 3.16. The summed E-state index contributed by atoms with van der Waals surface area (Å²) in [6.07, 6.45) is 2.89. The minimum absolute atomic E-state index is 0.0212. The molecule has 0 aliphatic rings. The summed E-state index contributed by atoms with van der Waals surface area (Å²) in [5.74, 6) is -0.971. The van der Waals surface area contributed by atoms with Crippen LogP contribution in [0, 0.1) is 5.82 Å². The van der Waals surface area contributed by atoms with Crippen molar-refractivity contribution in [3.05, 3.63) is 60.1 Å². The average molecular weight is 316 g/mol. The lowest BCUT2D eigenvalue weighted by Gasteiger charge is -2.09. The van der Waals surface area contributed by atoms with E-state index in [-0.39, 0.29) is 34.3 Å². The lowest BCUT2D eigenvalue weighted by Crippen LogP contribution is -2.03. The van der Waals surface area contributed by atoms with Crippen molar-refractivity contribution in [3.63, 3.8) is 0 Å². The van der Waals surface area contributed by atoms with E-state index in [1.807, 2.05) is 0 Å². The van der Waals surface area contributed by atoms with Gasteiger partial charge in [-0.1, -0.05) is 0 Å². The molecule has 0 aliphatic heterocycles. The van der Waals surface area contributed by atoms with Gasteiger partial charge in [-0.25, -0.2) is 4.39 Å². The molecular formula is C17H17FN2O3. The van der Waals surface area contributed by atoms with E-state index in [1.165, 1.54) is 36.4 Å². The molecule has 0 fully saturated rings. The number of carbonyl (C=O) groups is 1. The number of allylic oxidation sites excluding steroid dienone is 1. The average Bonchev–Trinajstić information content (AvgIpc) is 2.49. The molecule has 2 aromatic carbocycles. The first-order chi connectivity index (χ1) is 10.9. The third kappa shape index (κ3) is 4.23. The van der Waals surface area contributed by atoms with Crippen molar-refractivity contribution in [2.45, 2.75) is 0 Å². The third-order valence-corrected chi connectivity index (χ3v) is 2.94. The maximum atomic E-state index is 13.7. The molecule has 23 heavy (non-hydrogen) atoms. The summed E-state index contributed by atoms with van der Waals surface area (Å²) in [7, 11) is 3.54. The summed E-state index contributed by atoms with van der Waals surface area (Å²) in [5.41, 5.74) is 5.83. The number of halogens is 1. The zero-order valence-corrected chi connectivity index (χ0v) is 12.8. The molecule has 0 saturated heterocycles. The fraction of sp³-hybridized carbons (Fsp3) is 0.118. The van der Waals surface area contributed by atoms with Gasteiger partial charge in [-0.2, -0.15) is 0 Å². The van der Waals surface area contributed by atoms with Crippen molar-refractivity contribution in [2.24, 2.45) is 0 Å². The summed E-state index contributed by atoms with van der Waals surface area (Å²) >= 11 is 0. The Bertz CT molecular complexity index is 757. The molecule has 0 unspecified atom stereocenters. The second-order valence-corrected chi connectivity index (χ2v) is 5.11. The van der Waals surface area contributed by atoms with Crippen LogP contribution in [0.1, 0.15) is 10.4 Å². The van der Waals surface area contributed by atoms with E-state index < -0.39 is 5.82 Å². The van der Waals surface area contributed by atoms with Crippen molar-refractivity contribution >= 4 is 11.5 Å². The highest BCUT2D eigenvalue weighted by Gasteiger charge is 2.12. The lowest BCUT2D eigenvalue weighted by atomic mass is 10.1. The fourth-order valence-electron chi connectivity index (χ4n) is 1.81. The second-order valence-electron chi connectivity index (χ2n) is 5.11. The van der Waals surface area contributed by atoms with Crippen LogP contribution in [0.15, 0.2) is 48.7 Å². The molecule has 5 nitrogen and oxygen atoms in total. The first-order valence-electron chi connectivity index (χ1n) is 6.81.